The van der Waals surface area contributed by atoms with Crippen molar-refractivity contribution < 1.29 is 23.6 Å². The van der Waals surface area contributed by atoms with Crippen LogP contribution in [0, 0.1) is 11.7 Å². The van der Waals surface area contributed by atoms with Crippen LogP contribution in [0.5, 0.6) is 0 Å². The Balaban J connectivity index is 0.830. The summed E-state index contributed by atoms with van der Waals surface area (Å²) in [4.78, 5) is 56.7. The van der Waals surface area contributed by atoms with Crippen LogP contribution in [0.2, 0.25) is 10.0 Å². The lowest BCUT2D eigenvalue weighted by molar-refractivity contribution is -0.136. The summed E-state index contributed by atoms with van der Waals surface area (Å²) in [5, 5.41) is 10.0. The molecule has 308 valence electrons. The van der Waals surface area contributed by atoms with Crippen molar-refractivity contribution in [1.82, 2.24) is 20.4 Å². The number of carbonyl (C=O) groups is 4. The van der Waals surface area contributed by atoms with Crippen molar-refractivity contribution in [3.05, 3.63) is 140 Å². The second-order valence-electron chi connectivity index (χ2n) is 17.4. The van der Waals surface area contributed by atoms with Gasteiger partial charge in [0.25, 0.3) is 0 Å². The number of nitrogens with one attached hydrogen (secondary N) is 3. The van der Waals surface area contributed by atoms with E-state index in [2.05, 4.69) is 33.5 Å². The van der Waals surface area contributed by atoms with E-state index in [1.807, 2.05) is 53.4 Å². The Hall–Kier alpha value is -4.87. The zero-order valence-electron chi connectivity index (χ0n) is 33.1. The van der Waals surface area contributed by atoms with Gasteiger partial charge < -0.3 is 15.5 Å². The summed E-state index contributed by atoms with van der Waals surface area (Å²) < 4.78 is 16.2. The molecular weight excluding hydrogens is 800 g/mol. The standard InChI is InChI=1S/C48H46Cl2FN5O4/c1-26-32-8-4-7-28(34(32)25-55(26)39-20-21-42(58)54-46(39)59)6-2-3-11-41(57)30-16-14-29(15-17-30)37-23-40-45(52-37)43(33-9-5-10-36(50)44(33)51)48(56(40)24-27-12-13-27)35-19-18-31(49)22-38(35)53-47(48)60/h4-5,7-10,14-19,22,27,37,39-40,43,45,52H,1-3,6,11-13,20-21,23-25H2,(H,53,60)(H,54,58,59)/t37-,39?,40+,43+,45-,48-/m1/s1. The maximum atomic E-state index is 16.2. The zero-order chi connectivity index (χ0) is 41.4. The maximum absolute atomic E-state index is 16.2. The molecule has 5 aliphatic heterocycles. The number of unbranched alkanes of at least 4 members (excludes halogenated alkanes) is 1. The number of fused-ring (bicyclic) bond motifs is 4. The van der Waals surface area contributed by atoms with Crippen molar-refractivity contribution in [1.29, 1.82) is 0 Å². The third-order valence-electron chi connectivity index (χ3n) is 14.0. The van der Waals surface area contributed by atoms with Crippen molar-refractivity contribution in [3.63, 3.8) is 0 Å². The highest BCUT2D eigenvalue weighted by Crippen LogP contribution is 2.61. The molecule has 60 heavy (non-hydrogen) atoms. The molecule has 1 spiro atoms. The number of amides is 3. The van der Waals surface area contributed by atoms with Gasteiger partial charge in [0.15, 0.2) is 5.78 Å². The van der Waals surface area contributed by atoms with Gasteiger partial charge in [0.2, 0.25) is 17.7 Å². The van der Waals surface area contributed by atoms with Gasteiger partial charge in [-0.3, -0.25) is 29.4 Å². The number of ketones is 1. The summed E-state index contributed by atoms with van der Waals surface area (Å²) in [5.74, 6) is -1.20. The predicted molar refractivity (Wildman–Crippen MR) is 229 cm³/mol. The fourth-order valence-electron chi connectivity index (χ4n) is 11.0. The first kappa shape index (κ1) is 39.3. The molecule has 0 bridgehead atoms. The van der Waals surface area contributed by atoms with Crippen molar-refractivity contribution in [2.45, 2.75) is 100.0 Å². The van der Waals surface area contributed by atoms with E-state index in [0.717, 1.165) is 66.6 Å². The topological polar surface area (TPSA) is 111 Å². The first-order chi connectivity index (χ1) is 29.0. The van der Waals surface area contributed by atoms with Gasteiger partial charge in [0.1, 0.15) is 17.4 Å². The molecule has 6 atom stereocenters. The maximum Gasteiger partial charge on any atom is 0.250 e. The number of piperidine rings is 1. The molecule has 4 fully saturated rings. The number of imide groups is 1. The lowest BCUT2D eigenvalue weighted by atomic mass is 9.73. The smallest absolute Gasteiger partial charge is 0.250 e. The van der Waals surface area contributed by atoms with Gasteiger partial charge in [-0.05, 0) is 91.3 Å². The molecule has 1 unspecified atom stereocenters. The van der Waals surface area contributed by atoms with Gasteiger partial charge >= 0.3 is 0 Å². The average molecular weight is 847 g/mol. The Bertz CT molecular complexity index is 2470. The van der Waals surface area contributed by atoms with E-state index in [0.29, 0.717) is 60.0 Å². The minimum atomic E-state index is -1.15. The number of hydrogen-bond acceptors (Lipinski definition) is 7. The Kier molecular flexibility index (Phi) is 9.98. The molecule has 0 radical (unpaired) electrons. The van der Waals surface area contributed by atoms with Crippen LogP contribution in [-0.2, 0) is 32.9 Å². The second kappa shape index (κ2) is 15.2. The SMILES string of the molecule is C=C1c2cccc(CCCCC(=O)c3ccc([C@H]4C[C@H]5[C@@H](N4)[C@H](c4cccc(Cl)c4F)[C@]4(C(=O)Nc6cc(Cl)ccc64)N5CC4CC4)cc3)c2CN1C1CCC(=O)NC1=O. The minimum absolute atomic E-state index is 0.0256. The summed E-state index contributed by atoms with van der Waals surface area (Å²) in [7, 11) is 0. The average Bonchev–Trinajstić information content (AvgIpc) is 3.64. The van der Waals surface area contributed by atoms with Gasteiger partial charge in [0, 0.05) is 83.1 Å². The van der Waals surface area contributed by atoms with E-state index >= 15 is 4.39 Å². The van der Waals surface area contributed by atoms with Crippen LogP contribution < -0.4 is 16.0 Å². The van der Waals surface area contributed by atoms with Gasteiger partial charge in [-0.2, -0.15) is 0 Å². The molecule has 10 rings (SSSR count). The third kappa shape index (κ3) is 6.49. The normalized spacial score (nSPS) is 27.0. The van der Waals surface area contributed by atoms with Crippen LogP contribution >= 0.6 is 23.2 Å². The summed E-state index contributed by atoms with van der Waals surface area (Å²) in [6.45, 7) is 5.59. The number of likely N-dealkylation sites (tertiary alicyclic amines) is 1. The number of rotatable bonds is 11. The molecule has 4 aromatic rings. The van der Waals surface area contributed by atoms with E-state index in [1.54, 1.807) is 24.3 Å². The summed E-state index contributed by atoms with van der Waals surface area (Å²) >= 11 is 12.9. The number of carbonyl (C=O) groups excluding carboxylic acids is 4. The Morgan fingerprint density at radius 3 is 2.52 bits per heavy atom. The van der Waals surface area contributed by atoms with Crippen LogP contribution in [0.15, 0.2) is 85.4 Å². The number of aryl methyl sites for hydroxylation is 1. The summed E-state index contributed by atoms with van der Waals surface area (Å²) in [5.41, 5.74) is 6.65. The van der Waals surface area contributed by atoms with Gasteiger partial charge in [-0.25, -0.2) is 4.39 Å². The first-order valence-electron chi connectivity index (χ1n) is 21.1. The Labute approximate surface area is 358 Å². The van der Waals surface area contributed by atoms with Crippen LogP contribution in [0.25, 0.3) is 5.70 Å². The van der Waals surface area contributed by atoms with E-state index in [1.165, 1.54) is 5.56 Å². The lowest BCUT2D eigenvalue weighted by Gasteiger charge is -2.41. The van der Waals surface area contributed by atoms with Crippen LogP contribution in [-0.4, -0.2) is 58.0 Å². The van der Waals surface area contributed by atoms with E-state index in [9.17, 15) is 19.2 Å². The van der Waals surface area contributed by atoms with Crippen LogP contribution in [0.1, 0.15) is 107 Å². The highest BCUT2D eigenvalue weighted by Gasteiger charge is 2.69. The number of halogens is 3. The van der Waals surface area contributed by atoms with E-state index in [4.69, 9.17) is 23.2 Å². The Morgan fingerprint density at radius 1 is 0.933 bits per heavy atom. The highest BCUT2D eigenvalue weighted by molar-refractivity contribution is 6.31. The van der Waals surface area contributed by atoms with Crippen LogP contribution in [0.4, 0.5) is 10.1 Å². The first-order valence-corrected chi connectivity index (χ1v) is 21.9. The quantitative estimate of drug-likeness (QED) is 0.0790. The Morgan fingerprint density at radius 2 is 1.73 bits per heavy atom. The van der Waals surface area contributed by atoms with Gasteiger partial charge in [-0.15, -0.1) is 0 Å². The fourth-order valence-corrected chi connectivity index (χ4v) is 11.3. The largest absolute Gasteiger partial charge is 0.355 e. The molecule has 1 aliphatic carbocycles. The third-order valence-corrected chi connectivity index (χ3v) is 14.5. The molecule has 4 aromatic carbocycles. The van der Waals surface area contributed by atoms with Crippen molar-refractivity contribution in [2.24, 2.45) is 5.92 Å². The molecule has 3 amide bonds. The molecule has 3 N–H and O–H groups in total. The zero-order valence-corrected chi connectivity index (χ0v) is 34.6. The molecule has 12 heteroatoms. The van der Waals surface area contributed by atoms with Gasteiger partial charge in [-0.1, -0.05) is 90.4 Å². The molecule has 1 saturated carbocycles. The predicted octanol–water partition coefficient (Wildman–Crippen LogP) is 8.45. The molecule has 5 heterocycles. The van der Waals surface area contributed by atoms with Crippen molar-refractivity contribution >= 4 is 58.1 Å². The molecule has 6 aliphatic rings. The number of benzene rings is 4. The van der Waals surface area contributed by atoms with E-state index in [-0.39, 0.29) is 46.7 Å². The van der Waals surface area contributed by atoms with Crippen LogP contribution in [0.3, 0.4) is 0 Å². The second-order valence-corrected chi connectivity index (χ2v) is 18.3. The summed E-state index contributed by atoms with van der Waals surface area (Å²) in [6, 6.07) is 23.8. The molecule has 3 saturated heterocycles. The van der Waals surface area contributed by atoms with E-state index < -0.39 is 23.3 Å². The molecular formula is C48H46Cl2FN5O4. The summed E-state index contributed by atoms with van der Waals surface area (Å²) in [6.07, 6.45) is 6.50. The van der Waals surface area contributed by atoms with Gasteiger partial charge in [0.05, 0.1) is 5.02 Å². The fraction of sp³-hybridized carbons (Fsp3) is 0.375. The monoisotopic (exact) mass is 845 g/mol. The van der Waals surface area contributed by atoms with Crippen molar-refractivity contribution in [3.8, 4) is 0 Å². The lowest BCUT2D eigenvalue weighted by Crippen LogP contribution is -2.53. The van der Waals surface area contributed by atoms with Crippen molar-refractivity contribution in [2.75, 3.05) is 11.9 Å². The minimum Gasteiger partial charge on any atom is -0.355 e. The molecule has 9 nitrogen and oxygen atoms in total. The number of anilines is 1. The number of Topliss-reactive ketones (excluding diaryl/α,β-unsaturated/α-hetero) is 1. The number of hydrogen-bond donors (Lipinski definition) is 3. The highest BCUT2D eigenvalue weighted by atomic mass is 35.5. The molecule has 0 aromatic heterocycles. The number of nitrogens with zero attached hydrogens (tertiary/aromatic N) is 2.